The van der Waals surface area contributed by atoms with Crippen LogP contribution in [0.1, 0.15) is 18.4 Å². The van der Waals surface area contributed by atoms with Gasteiger partial charge in [0, 0.05) is 6.54 Å². The summed E-state index contributed by atoms with van der Waals surface area (Å²) in [6, 6.07) is 9.23. The molecule has 0 saturated carbocycles. The van der Waals surface area contributed by atoms with Crippen LogP contribution in [0.4, 0.5) is 0 Å². The minimum atomic E-state index is -0.197. The highest BCUT2D eigenvalue weighted by Gasteiger charge is 2.23. The number of hydrogen-bond acceptors (Lipinski definition) is 8. The van der Waals surface area contributed by atoms with E-state index in [1.54, 1.807) is 46.9 Å². The highest BCUT2D eigenvalue weighted by atomic mass is 32.2. The maximum atomic E-state index is 13.6. The van der Waals surface area contributed by atoms with Crippen LogP contribution in [0, 0.1) is 11.3 Å². The molecule has 0 bridgehead atoms. The lowest BCUT2D eigenvalue weighted by Crippen LogP contribution is -2.27. The Morgan fingerprint density at radius 3 is 2.94 bits per heavy atom. The van der Waals surface area contributed by atoms with Crippen molar-refractivity contribution in [3.63, 3.8) is 0 Å². The molecule has 0 unspecified atom stereocenters. The van der Waals surface area contributed by atoms with Crippen molar-refractivity contribution in [2.45, 2.75) is 28.6 Å². The number of amides is 1. The molecule has 31 heavy (non-hydrogen) atoms. The number of nitrogens with one attached hydrogen (secondary N) is 1. The third-order valence-corrected chi connectivity index (χ3v) is 8.25. The lowest BCUT2D eigenvalue weighted by atomic mass is 10.1. The molecule has 1 aliphatic rings. The largest absolute Gasteiger partial charge is 0.497 e. The Morgan fingerprint density at radius 2 is 2.19 bits per heavy atom. The Bertz CT molecular complexity index is 1210. The van der Waals surface area contributed by atoms with Crippen molar-refractivity contribution >= 4 is 51.0 Å². The summed E-state index contributed by atoms with van der Waals surface area (Å²) < 4.78 is 7.99. The molecule has 2 aromatic heterocycles. The third kappa shape index (κ3) is 4.59. The summed E-state index contributed by atoms with van der Waals surface area (Å²) >= 11 is 4.56. The van der Waals surface area contributed by atoms with Gasteiger partial charge in [0.15, 0.2) is 5.16 Å². The van der Waals surface area contributed by atoms with Gasteiger partial charge in [0.25, 0.3) is 5.56 Å². The highest BCUT2D eigenvalue weighted by Crippen LogP contribution is 2.41. The summed E-state index contributed by atoms with van der Waals surface area (Å²) in [7, 11) is 1.59. The van der Waals surface area contributed by atoms with E-state index < -0.39 is 0 Å². The number of nitriles is 1. The predicted octanol–water partition coefficient (Wildman–Crippen LogP) is 3.62. The summed E-state index contributed by atoms with van der Waals surface area (Å²) in [6.45, 7) is 0.308. The first kappa shape index (κ1) is 21.7. The van der Waals surface area contributed by atoms with Gasteiger partial charge in [0.2, 0.25) is 5.91 Å². The van der Waals surface area contributed by atoms with E-state index in [2.05, 4.69) is 5.32 Å². The fraction of sp³-hybridized carbons (Fsp3) is 0.333. The molecular weight excluding hydrogens is 452 g/mol. The monoisotopic (exact) mass is 472 g/mol. The third-order valence-electron chi connectivity index (χ3n) is 4.78. The fourth-order valence-electron chi connectivity index (χ4n) is 3.32. The molecule has 3 heterocycles. The van der Waals surface area contributed by atoms with Crippen LogP contribution < -0.4 is 15.6 Å². The van der Waals surface area contributed by atoms with Crippen LogP contribution in [0.3, 0.4) is 0 Å². The summed E-state index contributed by atoms with van der Waals surface area (Å²) in [4.78, 5) is 31.3. The molecule has 0 spiro atoms. The Hall–Kier alpha value is -2.48. The summed E-state index contributed by atoms with van der Waals surface area (Å²) in [6.07, 6.45) is 2.19. The number of fused-ring (bicyclic) bond motifs is 3. The van der Waals surface area contributed by atoms with Crippen LogP contribution in [0.15, 0.2) is 38.4 Å². The van der Waals surface area contributed by atoms with Crippen molar-refractivity contribution in [3.8, 4) is 17.5 Å². The number of aromatic nitrogens is 2. The number of thiophene rings is 1. The zero-order chi connectivity index (χ0) is 21.8. The van der Waals surface area contributed by atoms with E-state index in [0.717, 1.165) is 29.0 Å². The average molecular weight is 473 g/mol. The average Bonchev–Trinajstić information content (AvgIpc) is 3.17. The zero-order valence-electron chi connectivity index (χ0n) is 16.8. The molecule has 1 N–H and O–H groups in total. The van der Waals surface area contributed by atoms with Crippen LogP contribution in [-0.4, -0.2) is 40.6 Å². The number of carbonyl (C=O) groups is 1. The first-order valence-corrected chi connectivity index (χ1v) is 12.5. The number of nitrogens with zero attached hydrogens (tertiary/aromatic N) is 3. The number of carbonyl (C=O) groups excluding carboxylic acids is 1. The number of hydrogen-bond donors (Lipinski definition) is 1. The van der Waals surface area contributed by atoms with Crippen LogP contribution in [0.25, 0.3) is 15.9 Å². The molecule has 1 aromatic carbocycles. The van der Waals surface area contributed by atoms with Gasteiger partial charge in [-0.15, -0.1) is 23.1 Å². The van der Waals surface area contributed by atoms with E-state index in [9.17, 15) is 9.59 Å². The smallest absolute Gasteiger partial charge is 0.267 e. The quantitative estimate of drug-likeness (QED) is 0.319. The van der Waals surface area contributed by atoms with Gasteiger partial charge < -0.3 is 10.1 Å². The SMILES string of the molecule is COc1ccc(-n2c(SCC(=O)NCCC#N)nc3sc4c(c3c2=O)CCCS4)cc1. The van der Waals surface area contributed by atoms with Gasteiger partial charge in [0.05, 0.1) is 40.6 Å². The Morgan fingerprint density at radius 1 is 1.39 bits per heavy atom. The maximum Gasteiger partial charge on any atom is 0.267 e. The summed E-state index contributed by atoms with van der Waals surface area (Å²) in [5, 5.41) is 12.5. The predicted molar refractivity (Wildman–Crippen MR) is 125 cm³/mol. The van der Waals surface area contributed by atoms with Gasteiger partial charge in [-0.1, -0.05) is 11.8 Å². The molecule has 160 valence electrons. The fourth-order valence-corrected chi connectivity index (χ4v) is 6.73. The van der Waals surface area contributed by atoms with Crippen molar-refractivity contribution in [2.24, 2.45) is 0 Å². The van der Waals surface area contributed by atoms with E-state index in [1.807, 2.05) is 18.2 Å². The van der Waals surface area contributed by atoms with Gasteiger partial charge in [-0.05, 0) is 48.4 Å². The van der Waals surface area contributed by atoms with Crippen LogP contribution in [0.2, 0.25) is 0 Å². The number of aryl methyl sites for hydroxylation is 1. The lowest BCUT2D eigenvalue weighted by Gasteiger charge is -2.14. The van der Waals surface area contributed by atoms with E-state index in [-0.39, 0.29) is 23.6 Å². The Labute approximate surface area is 191 Å². The van der Waals surface area contributed by atoms with E-state index >= 15 is 0 Å². The van der Waals surface area contributed by atoms with Gasteiger partial charge in [-0.3, -0.25) is 14.2 Å². The van der Waals surface area contributed by atoms with Gasteiger partial charge in [-0.2, -0.15) is 5.26 Å². The van der Waals surface area contributed by atoms with Crippen LogP contribution in [-0.2, 0) is 11.2 Å². The standard InChI is InChI=1S/C21H20N4O3S3/c1-28-14-7-5-13(6-8-14)25-19(27)17-15-4-2-11-29-20(15)31-18(17)24-21(25)30-12-16(26)23-10-3-9-22/h5-8H,2-4,10-12H2,1H3,(H,23,26). The maximum absolute atomic E-state index is 13.6. The van der Waals surface area contributed by atoms with Crippen molar-refractivity contribution in [3.05, 3.63) is 40.2 Å². The second-order valence-corrected chi connectivity index (χ2v) is 10.1. The molecule has 0 saturated heterocycles. The molecular formula is C21H20N4O3S3. The highest BCUT2D eigenvalue weighted by molar-refractivity contribution is 8.01. The van der Waals surface area contributed by atoms with Gasteiger partial charge in [-0.25, -0.2) is 4.98 Å². The van der Waals surface area contributed by atoms with Crippen LogP contribution in [0.5, 0.6) is 5.75 Å². The zero-order valence-corrected chi connectivity index (χ0v) is 19.3. The molecule has 1 amide bonds. The second-order valence-electron chi connectivity index (χ2n) is 6.78. The number of thioether (sulfide) groups is 2. The van der Waals surface area contributed by atoms with Gasteiger partial charge in [0.1, 0.15) is 10.6 Å². The number of benzene rings is 1. The minimum Gasteiger partial charge on any atom is -0.497 e. The molecule has 7 nitrogen and oxygen atoms in total. The van der Waals surface area contributed by atoms with E-state index in [1.165, 1.54) is 16.0 Å². The van der Waals surface area contributed by atoms with E-state index in [0.29, 0.717) is 28.5 Å². The molecule has 0 aliphatic carbocycles. The molecule has 0 radical (unpaired) electrons. The molecule has 4 rings (SSSR count). The minimum absolute atomic E-state index is 0.109. The molecule has 3 aromatic rings. The Balaban J connectivity index is 1.76. The normalized spacial score (nSPS) is 12.9. The van der Waals surface area contributed by atoms with Crippen molar-refractivity contribution in [2.75, 3.05) is 25.2 Å². The summed E-state index contributed by atoms with van der Waals surface area (Å²) in [5.41, 5.74) is 1.67. The Kier molecular flexibility index (Phi) is 6.85. The topological polar surface area (TPSA) is 97.0 Å². The number of methoxy groups -OCH3 is 1. The molecule has 0 fully saturated rings. The lowest BCUT2D eigenvalue weighted by molar-refractivity contribution is -0.118. The first-order valence-electron chi connectivity index (χ1n) is 9.74. The van der Waals surface area contributed by atoms with Crippen molar-refractivity contribution in [1.82, 2.24) is 14.9 Å². The number of rotatable bonds is 7. The van der Waals surface area contributed by atoms with E-state index in [4.69, 9.17) is 15.0 Å². The summed E-state index contributed by atoms with van der Waals surface area (Å²) in [5.74, 6) is 1.66. The van der Waals surface area contributed by atoms with Crippen molar-refractivity contribution in [1.29, 1.82) is 5.26 Å². The second kappa shape index (κ2) is 9.77. The number of ether oxygens (including phenoxy) is 1. The molecule has 0 atom stereocenters. The molecule has 10 heteroatoms. The van der Waals surface area contributed by atoms with Crippen LogP contribution >= 0.6 is 34.9 Å². The van der Waals surface area contributed by atoms with Gasteiger partial charge >= 0.3 is 0 Å². The van der Waals surface area contributed by atoms with Crippen molar-refractivity contribution < 1.29 is 9.53 Å². The molecule has 1 aliphatic heterocycles. The first-order chi connectivity index (χ1) is 15.1.